The van der Waals surface area contributed by atoms with Crippen molar-refractivity contribution in [2.45, 2.75) is 57.1 Å². The Hall–Kier alpha value is -3.25. The van der Waals surface area contributed by atoms with Gasteiger partial charge in [0.15, 0.2) is 0 Å². The predicted molar refractivity (Wildman–Crippen MR) is 133 cm³/mol. The van der Waals surface area contributed by atoms with Gasteiger partial charge < -0.3 is 16.2 Å². The van der Waals surface area contributed by atoms with Crippen molar-refractivity contribution in [2.24, 2.45) is 17.6 Å². The Morgan fingerprint density at radius 3 is 2.47 bits per heavy atom. The molecule has 4 rings (SSSR count). The van der Waals surface area contributed by atoms with Crippen LogP contribution in [0.25, 0.3) is 10.9 Å². The van der Waals surface area contributed by atoms with Gasteiger partial charge in [-0.15, -0.1) is 0 Å². The molecule has 3 atom stereocenters. The number of nitrogens with zero attached hydrogens (tertiary/aromatic N) is 1. The number of aromatic nitrogens is 1. The Labute approximate surface area is 200 Å². The summed E-state index contributed by atoms with van der Waals surface area (Å²) in [5, 5.41) is 15.1. The van der Waals surface area contributed by atoms with Gasteiger partial charge in [-0.25, -0.2) is 0 Å². The largest absolute Gasteiger partial charge is 0.391 e. The van der Waals surface area contributed by atoms with Gasteiger partial charge in [0.25, 0.3) is 5.91 Å². The number of rotatable bonds is 9. The molecule has 0 saturated heterocycles. The Morgan fingerprint density at radius 2 is 1.74 bits per heavy atom. The lowest BCUT2D eigenvalue weighted by atomic mass is 9.76. The topological polar surface area (TPSA) is 105 Å². The number of amides is 2. The number of aliphatic hydroxyl groups excluding tert-OH is 1. The number of pyridine rings is 1. The number of carbonyl (C=O) groups is 2. The number of hydrogen-bond donors (Lipinski definition) is 3. The van der Waals surface area contributed by atoms with Gasteiger partial charge in [0.1, 0.15) is 0 Å². The first kappa shape index (κ1) is 23.9. The molecule has 1 saturated carbocycles. The molecule has 6 nitrogen and oxygen atoms in total. The van der Waals surface area contributed by atoms with Crippen molar-refractivity contribution in [3.05, 3.63) is 78.0 Å². The number of hydrogen-bond acceptors (Lipinski definition) is 4. The third-order valence-electron chi connectivity index (χ3n) is 7.01. The van der Waals surface area contributed by atoms with Gasteiger partial charge in [-0.2, -0.15) is 0 Å². The third kappa shape index (κ3) is 6.00. The van der Waals surface area contributed by atoms with Crippen molar-refractivity contribution in [2.75, 3.05) is 0 Å². The monoisotopic (exact) mass is 459 g/mol. The highest BCUT2D eigenvalue weighted by Gasteiger charge is 2.33. The highest BCUT2D eigenvalue weighted by molar-refractivity contribution is 5.97. The second-order valence-electron chi connectivity index (χ2n) is 9.40. The van der Waals surface area contributed by atoms with Crippen LogP contribution in [0.4, 0.5) is 0 Å². The van der Waals surface area contributed by atoms with E-state index in [1.165, 1.54) is 6.42 Å². The van der Waals surface area contributed by atoms with Crippen LogP contribution in [0.5, 0.6) is 0 Å². The summed E-state index contributed by atoms with van der Waals surface area (Å²) in [7, 11) is 0. The molecule has 0 aliphatic heterocycles. The van der Waals surface area contributed by atoms with Crippen molar-refractivity contribution in [3.63, 3.8) is 0 Å². The van der Waals surface area contributed by atoms with Crippen LogP contribution in [0.3, 0.4) is 0 Å². The Bertz CT molecular complexity index is 1110. The lowest BCUT2D eigenvalue weighted by molar-refractivity contribution is -0.125. The van der Waals surface area contributed by atoms with Gasteiger partial charge in [-0.3, -0.25) is 14.6 Å². The van der Waals surface area contributed by atoms with E-state index in [0.717, 1.165) is 42.1 Å². The number of nitrogens with one attached hydrogen (secondary N) is 1. The van der Waals surface area contributed by atoms with Crippen LogP contribution >= 0.6 is 0 Å². The highest BCUT2D eigenvalue weighted by atomic mass is 16.3. The zero-order valence-electron chi connectivity index (χ0n) is 19.4. The molecular weight excluding hydrogens is 426 g/mol. The van der Waals surface area contributed by atoms with Crippen LogP contribution in [0.1, 0.15) is 54.4 Å². The SMILES string of the molecule is NC(=O)[C@@H](C[C@H](O)[C@H](Cc1ccccc1)NC(=O)c1cnc2ccccc2c1)C1CCCCC1. The number of carbonyl (C=O) groups excluding carboxylic acids is 2. The summed E-state index contributed by atoms with van der Waals surface area (Å²) in [6.07, 6.45) is 6.61. The molecule has 178 valence electrons. The number of primary amides is 1. The lowest BCUT2D eigenvalue weighted by Crippen LogP contribution is -2.47. The first-order valence-electron chi connectivity index (χ1n) is 12.2. The molecule has 2 amide bonds. The summed E-state index contributed by atoms with van der Waals surface area (Å²) < 4.78 is 0. The third-order valence-corrected chi connectivity index (χ3v) is 7.01. The molecule has 1 fully saturated rings. The van der Waals surface area contributed by atoms with Gasteiger partial charge in [-0.05, 0) is 49.3 Å². The molecule has 0 radical (unpaired) electrons. The van der Waals surface area contributed by atoms with Crippen molar-refractivity contribution in [1.29, 1.82) is 0 Å². The van der Waals surface area contributed by atoms with Gasteiger partial charge in [0.05, 0.1) is 23.2 Å². The number of benzene rings is 2. The Kier molecular flexibility index (Phi) is 7.91. The second-order valence-corrected chi connectivity index (χ2v) is 9.40. The van der Waals surface area contributed by atoms with Gasteiger partial charge >= 0.3 is 0 Å². The summed E-state index contributed by atoms with van der Waals surface area (Å²) in [6, 6.07) is 18.6. The molecule has 4 N–H and O–H groups in total. The quantitative estimate of drug-likeness (QED) is 0.450. The van der Waals surface area contributed by atoms with Crippen molar-refractivity contribution in [3.8, 4) is 0 Å². The Morgan fingerprint density at radius 1 is 1.03 bits per heavy atom. The predicted octanol–water partition coefficient (Wildman–Crippen LogP) is 4.01. The molecular formula is C28H33N3O3. The molecule has 0 unspecified atom stereocenters. The highest BCUT2D eigenvalue weighted by Crippen LogP contribution is 2.33. The van der Waals surface area contributed by atoms with E-state index in [1.54, 1.807) is 12.3 Å². The number of para-hydroxylation sites is 1. The molecule has 1 aliphatic carbocycles. The molecule has 2 aromatic carbocycles. The maximum atomic E-state index is 13.2. The van der Waals surface area contributed by atoms with Crippen LogP contribution in [0.2, 0.25) is 0 Å². The summed E-state index contributed by atoms with van der Waals surface area (Å²) in [5.74, 6) is -0.868. The van der Waals surface area contributed by atoms with E-state index < -0.39 is 18.1 Å². The normalized spacial score (nSPS) is 17.1. The number of fused-ring (bicyclic) bond motifs is 1. The van der Waals surface area contributed by atoms with E-state index in [0.29, 0.717) is 12.0 Å². The second kappa shape index (κ2) is 11.3. The molecule has 0 spiro atoms. The smallest absolute Gasteiger partial charge is 0.253 e. The maximum absolute atomic E-state index is 13.2. The van der Waals surface area contributed by atoms with Gasteiger partial charge in [0, 0.05) is 17.5 Å². The van der Waals surface area contributed by atoms with Crippen molar-refractivity contribution in [1.82, 2.24) is 10.3 Å². The summed E-state index contributed by atoms with van der Waals surface area (Å²) in [5.41, 5.74) is 8.01. The standard InChI is InChI=1S/C28H33N3O3/c29-27(33)23(20-11-5-2-6-12-20)17-26(32)25(15-19-9-3-1-4-10-19)31-28(34)22-16-21-13-7-8-14-24(21)30-18-22/h1,3-4,7-10,13-14,16,18,20,23,25-26,32H,2,5-6,11-12,15,17H2,(H2,29,33)(H,31,34)/t23-,25-,26-/m0/s1. The van der Waals surface area contributed by atoms with E-state index in [4.69, 9.17) is 5.73 Å². The molecule has 1 aliphatic rings. The van der Waals surface area contributed by atoms with Gasteiger partial charge in [0.2, 0.25) is 5.91 Å². The first-order valence-corrected chi connectivity index (χ1v) is 12.2. The first-order chi connectivity index (χ1) is 16.5. The van der Waals surface area contributed by atoms with Crippen LogP contribution in [-0.2, 0) is 11.2 Å². The minimum absolute atomic E-state index is 0.193. The number of aliphatic hydroxyl groups is 1. The minimum Gasteiger partial charge on any atom is -0.391 e. The fourth-order valence-corrected chi connectivity index (χ4v) is 5.10. The van der Waals surface area contributed by atoms with Crippen LogP contribution in [-0.4, -0.2) is 34.1 Å². The summed E-state index contributed by atoms with van der Waals surface area (Å²) in [4.78, 5) is 29.8. The maximum Gasteiger partial charge on any atom is 0.253 e. The van der Waals surface area contributed by atoms with Crippen LogP contribution < -0.4 is 11.1 Å². The summed E-state index contributed by atoms with van der Waals surface area (Å²) in [6.45, 7) is 0. The molecule has 3 aromatic rings. The number of nitrogens with two attached hydrogens (primary N) is 1. The molecule has 1 aromatic heterocycles. The van der Waals surface area contributed by atoms with Crippen LogP contribution in [0, 0.1) is 11.8 Å². The van der Waals surface area contributed by atoms with Crippen molar-refractivity contribution >= 4 is 22.7 Å². The van der Waals surface area contributed by atoms with Crippen LogP contribution in [0.15, 0.2) is 66.9 Å². The van der Waals surface area contributed by atoms with E-state index in [1.807, 2.05) is 54.6 Å². The molecule has 0 bridgehead atoms. The fraction of sp³-hybridized carbons (Fsp3) is 0.393. The Balaban J connectivity index is 1.53. The van der Waals surface area contributed by atoms with Crippen molar-refractivity contribution < 1.29 is 14.7 Å². The average Bonchev–Trinajstić information content (AvgIpc) is 2.87. The molecule has 1 heterocycles. The zero-order valence-corrected chi connectivity index (χ0v) is 19.4. The van der Waals surface area contributed by atoms with E-state index in [9.17, 15) is 14.7 Å². The fourth-order valence-electron chi connectivity index (χ4n) is 5.10. The molecule has 6 heteroatoms. The van der Waals surface area contributed by atoms with Gasteiger partial charge in [-0.1, -0.05) is 67.8 Å². The van der Waals surface area contributed by atoms with E-state index in [-0.39, 0.29) is 24.2 Å². The zero-order chi connectivity index (χ0) is 23.9. The average molecular weight is 460 g/mol. The molecule has 34 heavy (non-hydrogen) atoms. The summed E-state index contributed by atoms with van der Waals surface area (Å²) >= 11 is 0. The van der Waals surface area contributed by atoms with E-state index >= 15 is 0 Å². The lowest BCUT2D eigenvalue weighted by Gasteiger charge is -2.32. The van der Waals surface area contributed by atoms with E-state index in [2.05, 4.69) is 10.3 Å². The minimum atomic E-state index is -0.906.